The average molecular weight is 562 g/mol. The second-order valence-electron chi connectivity index (χ2n) is 9.91. The third kappa shape index (κ3) is 6.29. The first kappa shape index (κ1) is 28.3. The van der Waals surface area contributed by atoms with Crippen LogP contribution < -0.4 is 20.7 Å². The molecule has 3 N–H and O–H groups in total. The molecule has 0 unspecified atom stereocenters. The molecule has 5 rings (SSSR count). The molecule has 5 aromatic rings. The van der Waals surface area contributed by atoms with Crippen LogP contribution in [0.2, 0.25) is 0 Å². The summed E-state index contributed by atoms with van der Waals surface area (Å²) in [4.78, 5) is 21.4. The highest BCUT2D eigenvalue weighted by atomic mass is 35.5. The molecule has 0 aliphatic carbocycles. The predicted molar refractivity (Wildman–Crippen MR) is 158 cm³/mol. The van der Waals surface area contributed by atoms with E-state index in [9.17, 15) is 9.18 Å². The van der Waals surface area contributed by atoms with E-state index in [1.54, 1.807) is 42.3 Å². The van der Waals surface area contributed by atoms with Crippen LogP contribution in [0.3, 0.4) is 0 Å². The Labute approximate surface area is 237 Å². The Bertz CT molecular complexity index is 1670. The number of aromatic nitrogens is 4. The van der Waals surface area contributed by atoms with Crippen LogP contribution in [0.1, 0.15) is 26.5 Å². The van der Waals surface area contributed by atoms with E-state index in [2.05, 4.69) is 25.9 Å². The van der Waals surface area contributed by atoms with Gasteiger partial charge in [0.1, 0.15) is 29.0 Å². The first-order valence-electron chi connectivity index (χ1n) is 12.3. The van der Waals surface area contributed by atoms with Gasteiger partial charge in [0.15, 0.2) is 0 Å². The van der Waals surface area contributed by atoms with Gasteiger partial charge in [-0.1, -0.05) is 26.8 Å². The Hall–Kier alpha value is -4.70. The van der Waals surface area contributed by atoms with Crippen molar-refractivity contribution in [3.8, 4) is 17.2 Å². The molecule has 0 bridgehead atoms. The van der Waals surface area contributed by atoms with Gasteiger partial charge in [0.25, 0.3) is 0 Å². The molecule has 9 nitrogen and oxygen atoms in total. The van der Waals surface area contributed by atoms with Gasteiger partial charge in [-0.3, -0.25) is 10.3 Å². The molecular weight excluding hydrogens is 533 g/mol. The standard InChI is InChI=1S/C29H28FN7O2.ClH/c1-29(2,3)25-17-27(37(36-25)19-7-9-23-18(14-19)6-5-12-32-23)35-28(38)34-24-10-8-20(15-22(24)30)39-21-11-13-33-26(16-21)31-4;/h5-17H,1-4H3,(H,31,33)(H2,34,35,38);1H. The highest BCUT2D eigenvalue weighted by Crippen LogP contribution is 2.29. The minimum absolute atomic E-state index is 0. The predicted octanol–water partition coefficient (Wildman–Crippen LogP) is 7.15. The molecule has 0 aliphatic rings. The summed E-state index contributed by atoms with van der Waals surface area (Å²) in [6.45, 7) is 6.12. The molecule has 0 spiro atoms. The van der Waals surface area contributed by atoms with Crippen molar-refractivity contribution < 1.29 is 13.9 Å². The van der Waals surface area contributed by atoms with Crippen molar-refractivity contribution >= 4 is 46.7 Å². The van der Waals surface area contributed by atoms with Gasteiger partial charge in [0, 0.05) is 48.4 Å². The van der Waals surface area contributed by atoms with Crippen molar-refractivity contribution in [2.75, 3.05) is 23.0 Å². The zero-order valence-electron chi connectivity index (χ0n) is 22.4. The van der Waals surface area contributed by atoms with Crippen LogP contribution in [0.25, 0.3) is 16.6 Å². The monoisotopic (exact) mass is 561 g/mol. The van der Waals surface area contributed by atoms with Gasteiger partial charge >= 0.3 is 6.03 Å². The number of carbonyl (C=O) groups is 1. The van der Waals surface area contributed by atoms with E-state index in [1.165, 1.54) is 12.1 Å². The van der Waals surface area contributed by atoms with Crippen LogP contribution in [0.4, 0.5) is 26.5 Å². The van der Waals surface area contributed by atoms with E-state index < -0.39 is 11.8 Å². The molecule has 0 radical (unpaired) electrons. The average Bonchev–Trinajstić information content (AvgIpc) is 3.34. The van der Waals surface area contributed by atoms with Crippen molar-refractivity contribution in [1.29, 1.82) is 0 Å². The number of hydrogen-bond donors (Lipinski definition) is 3. The number of nitrogens with zero attached hydrogens (tertiary/aromatic N) is 4. The number of rotatable bonds is 6. The Morgan fingerprint density at radius 2 is 1.73 bits per heavy atom. The second-order valence-corrected chi connectivity index (χ2v) is 9.91. The largest absolute Gasteiger partial charge is 0.457 e. The maximum Gasteiger partial charge on any atom is 0.324 e. The Kier molecular flexibility index (Phi) is 8.20. The summed E-state index contributed by atoms with van der Waals surface area (Å²) in [6.07, 6.45) is 3.32. The highest BCUT2D eigenvalue weighted by Gasteiger charge is 2.22. The topological polar surface area (TPSA) is 106 Å². The first-order chi connectivity index (χ1) is 18.7. The first-order valence-corrected chi connectivity index (χ1v) is 12.3. The number of benzene rings is 2. The molecular formula is C29H29ClFN7O2. The molecule has 0 aliphatic heterocycles. The number of anilines is 3. The highest BCUT2D eigenvalue weighted by molar-refractivity contribution is 5.99. The van der Waals surface area contributed by atoms with Crippen LogP contribution >= 0.6 is 12.4 Å². The summed E-state index contributed by atoms with van der Waals surface area (Å²) in [5.74, 6) is 1.21. The van der Waals surface area contributed by atoms with Crippen molar-refractivity contribution in [3.63, 3.8) is 0 Å². The molecule has 2 aromatic carbocycles. The fraction of sp³-hybridized carbons (Fsp3) is 0.172. The maximum absolute atomic E-state index is 14.9. The number of fused-ring (bicyclic) bond motifs is 1. The van der Waals surface area contributed by atoms with Gasteiger partial charge in [0.2, 0.25) is 0 Å². The summed E-state index contributed by atoms with van der Waals surface area (Å²) >= 11 is 0. The van der Waals surface area contributed by atoms with Crippen LogP contribution in [0, 0.1) is 5.82 Å². The van der Waals surface area contributed by atoms with Gasteiger partial charge in [-0.25, -0.2) is 18.9 Å². The van der Waals surface area contributed by atoms with Gasteiger partial charge in [-0.15, -0.1) is 12.4 Å². The molecule has 3 aromatic heterocycles. The Balaban J connectivity index is 0.00000370. The third-order valence-corrected chi connectivity index (χ3v) is 5.96. The van der Waals surface area contributed by atoms with Gasteiger partial charge < -0.3 is 15.4 Å². The lowest BCUT2D eigenvalue weighted by Gasteiger charge is -2.14. The van der Waals surface area contributed by atoms with E-state index in [-0.39, 0.29) is 29.3 Å². The van der Waals surface area contributed by atoms with Crippen LogP contribution in [-0.4, -0.2) is 32.8 Å². The lowest BCUT2D eigenvalue weighted by Crippen LogP contribution is -2.22. The molecule has 0 saturated heterocycles. The normalized spacial score (nSPS) is 11.0. The number of halogens is 2. The maximum atomic E-state index is 14.9. The zero-order chi connectivity index (χ0) is 27.6. The fourth-order valence-corrected chi connectivity index (χ4v) is 3.91. The Morgan fingerprint density at radius 1 is 0.925 bits per heavy atom. The number of pyridine rings is 2. The molecule has 0 atom stereocenters. The van der Waals surface area contributed by atoms with Crippen molar-refractivity contribution in [3.05, 3.63) is 90.6 Å². The lowest BCUT2D eigenvalue weighted by atomic mass is 9.92. The second kappa shape index (κ2) is 11.6. The summed E-state index contributed by atoms with van der Waals surface area (Å²) in [5.41, 5.74) is 2.14. The smallest absolute Gasteiger partial charge is 0.324 e. The van der Waals surface area contributed by atoms with Crippen LogP contribution in [0.5, 0.6) is 11.5 Å². The van der Waals surface area contributed by atoms with Gasteiger partial charge in [-0.2, -0.15) is 5.10 Å². The number of carbonyl (C=O) groups excluding carboxylic acids is 1. The molecule has 11 heteroatoms. The fourth-order valence-electron chi connectivity index (χ4n) is 3.91. The van der Waals surface area contributed by atoms with Gasteiger partial charge in [0.05, 0.1) is 22.6 Å². The van der Waals surface area contributed by atoms with Crippen molar-refractivity contribution in [1.82, 2.24) is 19.7 Å². The third-order valence-electron chi connectivity index (χ3n) is 5.96. The molecule has 206 valence electrons. The number of urea groups is 1. The number of nitrogens with one attached hydrogen (secondary N) is 3. The van der Waals surface area contributed by atoms with Crippen LogP contribution in [-0.2, 0) is 5.41 Å². The van der Waals surface area contributed by atoms with Crippen LogP contribution in [0.15, 0.2) is 79.1 Å². The van der Waals surface area contributed by atoms with Crippen molar-refractivity contribution in [2.45, 2.75) is 26.2 Å². The van der Waals surface area contributed by atoms with Gasteiger partial charge in [-0.05, 0) is 42.5 Å². The Morgan fingerprint density at radius 3 is 2.48 bits per heavy atom. The van der Waals surface area contributed by atoms with E-state index >= 15 is 0 Å². The quantitative estimate of drug-likeness (QED) is 0.203. The molecule has 40 heavy (non-hydrogen) atoms. The zero-order valence-corrected chi connectivity index (χ0v) is 23.2. The van der Waals surface area contributed by atoms with E-state index in [0.29, 0.717) is 17.4 Å². The van der Waals surface area contributed by atoms with E-state index in [0.717, 1.165) is 22.3 Å². The number of ether oxygens (including phenoxy) is 1. The summed E-state index contributed by atoms with van der Waals surface area (Å²) < 4.78 is 22.3. The van der Waals surface area contributed by atoms with Crippen molar-refractivity contribution in [2.24, 2.45) is 0 Å². The number of hydrogen-bond acceptors (Lipinski definition) is 6. The summed E-state index contributed by atoms with van der Waals surface area (Å²) in [5, 5.41) is 14.0. The van der Waals surface area contributed by atoms with E-state index in [4.69, 9.17) is 9.84 Å². The molecule has 0 fully saturated rings. The minimum Gasteiger partial charge on any atom is -0.457 e. The number of amides is 2. The minimum atomic E-state index is -0.642. The van der Waals surface area contributed by atoms with E-state index in [1.807, 2.05) is 57.2 Å². The molecule has 3 heterocycles. The SMILES string of the molecule is CNc1cc(Oc2ccc(NC(=O)Nc3cc(C(C)(C)C)nn3-c3ccc4ncccc4c3)c(F)c2)ccn1.Cl. The molecule has 2 amide bonds. The summed E-state index contributed by atoms with van der Waals surface area (Å²) in [6, 6.07) is 18.4. The molecule has 0 saturated carbocycles. The summed E-state index contributed by atoms with van der Waals surface area (Å²) in [7, 11) is 1.74. The lowest BCUT2D eigenvalue weighted by molar-refractivity contribution is 0.262.